The minimum Gasteiger partial charge on any atom is -0.293 e. The molecule has 2 aromatic heterocycles. The van der Waals surface area contributed by atoms with E-state index in [4.69, 9.17) is 0 Å². The van der Waals surface area contributed by atoms with Gasteiger partial charge in [-0.15, -0.1) is 11.3 Å². The number of Topliss-reactive ketones (excluding diaryl/α,β-unsaturated/α-hetero) is 1. The van der Waals surface area contributed by atoms with E-state index in [1.54, 1.807) is 17.7 Å². The first-order valence-corrected chi connectivity index (χ1v) is 11.1. The number of thioether (sulfide) groups is 1. The van der Waals surface area contributed by atoms with E-state index in [2.05, 4.69) is 33.5 Å². The van der Waals surface area contributed by atoms with E-state index in [9.17, 15) is 4.79 Å². The fourth-order valence-corrected chi connectivity index (χ4v) is 5.25. The average molecular weight is 413 g/mol. The summed E-state index contributed by atoms with van der Waals surface area (Å²) >= 11 is 3.08. The normalized spacial score (nSPS) is 11.2. The summed E-state index contributed by atoms with van der Waals surface area (Å²) in [6.07, 6.45) is 1.58. The number of aromatic nitrogens is 2. The summed E-state index contributed by atoms with van der Waals surface area (Å²) in [5, 5.41) is 6.21. The molecule has 3 nitrogen and oxygen atoms in total. The van der Waals surface area contributed by atoms with Crippen LogP contribution in [-0.2, 0) is 0 Å². The van der Waals surface area contributed by atoms with E-state index in [-0.39, 0.29) is 5.78 Å². The summed E-state index contributed by atoms with van der Waals surface area (Å²) in [6, 6.07) is 24.2. The lowest BCUT2D eigenvalue weighted by Crippen LogP contribution is -2.02. The van der Waals surface area contributed by atoms with Crippen LogP contribution in [0, 0.1) is 0 Å². The Morgan fingerprint density at radius 2 is 1.69 bits per heavy atom. The number of benzene rings is 3. The molecule has 0 amide bonds. The molecule has 140 valence electrons. The van der Waals surface area contributed by atoms with Gasteiger partial charge in [0.2, 0.25) is 0 Å². The number of rotatable bonds is 5. The molecule has 0 spiro atoms. The predicted octanol–water partition coefficient (Wildman–Crippen LogP) is 6.49. The molecule has 0 bridgehead atoms. The molecule has 0 N–H and O–H groups in total. The Balaban J connectivity index is 1.44. The molecule has 5 heteroatoms. The highest BCUT2D eigenvalue weighted by Gasteiger charge is 2.15. The van der Waals surface area contributed by atoms with Gasteiger partial charge in [-0.2, -0.15) is 0 Å². The second kappa shape index (κ2) is 7.78. The largest absolute Gasteiger partial charge is 0.293 e. The summed E-state index contributed by atoms with van der Waals surface area (Å²) in [5.41, 5.74) is 2.98. The van der Waals surface area contributed by atoms with Crippen molar-refractivity contribution in [3.63, 3.8) is 0 Å². The SMILES string of the molecule is O=C(CSc1ncnc2scc(-c3ccccc3)c12)c1ccc2ccccc2c1. The highest BCUT2D eigenvalue weighted by atomic mass is 32.2. The Bertz CT molecular complexity index is 1330. The number of hydrogen-bond acceptors (Lipinski definition) is 5. The van der Waals surface area contributed by atoms with Gasteiger partial charge in [-0.25, -0.2) is 9.97 Å². The zero-order chi connectivity index (χ0) is 19.6. The van der Waals surface area contributed by atoms with E-state index in [1.807, 2.05) is 54.6 Å². The average Bonchev–Trinajstić information content (AvgIpc) is 3.22. The maximum absolute atomic E-state index is 12.8. The fourth-order valence-electron chi connectivity index (χ4n) is 3.37. The van der Waals surface area contributed by atoms with Gasteiger partial charge in [0.1, 0.15) is 16.2 Å². The zero-order valence-electron chi connectivity index (χ0n) is 15.4. The Morgan fingerprint density at radius 1 is 0.897 bits per heavy atom. The minimum absolute atomic E-state index is 0.101. The van der Waals surface area contributed by atoms with Gasteiger partial charge in [0.15, 0.2) is 5.78 Å². The third kappa shape index (κ3) is 3.55. The van der Waals surface area contributed by atoms with E-state index in [0.29, 0.717) is 5.75 Å². The molecular formula is C24H16N2OS2. The summed E-state index contributed by atoms with van der Waals surface area (Å²) in [4.78, 5) is 22.7. The van der Waals surface area contributed by atoms with E-state index in [0.717, 1.165) is 42.7 Å². The third-order valence-electron chi connectivity index (χ3n) is 4.83. The minimum atomic E-state index is 0.101. The van der Waals surface area contributed by atoms with E-state index in [1.165, 1.54) is 11.8 Å². The molecular weight excluding hydrogens is 396 g/mol. The van der Waals surface area contributed by atoms with Crippen molar-refractivity contribution in [1.29, 1.82) is 0 Å². The zero-order valence-corrected chi connectivity index (χ0v) is 17.0. The lowest BCUT2D eigenvalue weighted by molar-refractivity contribution is 0.102. The lowest BCUT2D eigenvalue weighted by Gasteiger charge is -2.06. The van der Waals surface area contributed by atoms with Crippen LogP contribution in [0.15, 0.2) is 89.5 Å². The third-order valence-corrected chi connectivity index (χ3v) is 6.71. The quantitative estimate of drug-likeness (QED) is 0.188. The number of carbonyl (C=O) groups excluding carboxylic acids is 1. The van der Waals surface area contributed by atoms with Gasteiger partial charge in [-0.05, 0) is 22.4 Å². The molecule has 0 unspecified atom stereocenters. The van der Waals surface area contributed by atoms with Crippen molar-refractivity contribution in [2.45, 2.75) is 5.03 Å². The molecule has 0 saturated heterocycles. The monoisotopic (exact) mass is 412 g/mol. The molecule has 5 aromatic rings. The van der Waals surface area contributed by atoms with Crippen LogP contribution in [0.2, 0.25) is 0 Å². The topological polar surface area (TPSA) is 42.9 Å². The van der Waals surface area contributed by atoms with E-state index < -0.39 is 0 Å². The van der Waals surface area contributed by atoms with Crippen molar-refractivity contribution >= 4 is 49.9 Å². The van der Waals surface area contributed by atoms with Gasteiger partial charge in [-0.1, -0.05) is 78.5 Å². The van der Waals surface area contributed by atoms with Crippen molar-refractivity contribution in [3.05, 3.63) is 90.1 Å². The number of hydrogen-bond donors (Lipinski definition) is 0. The first-order chi connectivity index (χ1) is 14.3. The summed E-state index contributed by atoms with van der Waals surface area (Å²) in [5.74, 6) is 0.443. The molecule has 0 atom stereocenters. The molecule has 5 rings (SSSR count). The van der Waals surface area contributed by atoms with Crippen molar-refractivity contribution in [1.82, 2.24) is 9.97 Å². The van der Waals surface area contributed by atoms with Crippen LogP contribution >= 0.6 is 23.1 Å². The number of ketones is 1. The molecule has 0 radical (unpaired) electrons. The molecule has 0 aliphatic carbocycles. The highest BCUT2D eigenvalue weighted by molar-refractivity contribution is 8.00. The highest BCUT2D eigenvalue weighted by Crippen LogP contribution is 2.37. The van der Waals surface area contributed by atoms with Crippen LogP contribution in [0.5, 0.6) is 0 Å². The van der Waals surface area contributed by atoms with Crippen LogP contribution in [0.25, 0.3) is 32.1 Å². The fraction of sp³-hybridized carbons (Fsp3) is 0.0417. The first-order valence-electron chi connectivity index (χ1n) is 9.22. The van der Waals surface area contributed by atoms with Crippen LogP contribution < -0.4 is 0 Å². The molecule has 0 fully saturated rings. The van der Waals surface area contributed by atoms with Gasteiger partial charge in [-0.3, -0.25) is 4.79 Å². The number of nitrogens with zero attached hydrogens (tertiary/aromatic N) is 2. The standard InChI is InChI=1S/C24H16N2OS2/c27-21(19-11-10-16-6-4-5-9-18(16)12-19)14-29-24-22-20(17-7-2-1-3-8-17)13-28-23(22)25-15-26-24/h1-13,15H,14H2. The van der Waals surface area contributed by atoms with Gasteiger partial charge < -0.3 is 0 Å². The van der Waals surface area contributed by atoms with Gasteiger partial charge >= 0.3 is 0 Å². The van der Waals surface area contributed by atoms with Crippen molar-refractivity contribution < 1.29 is 4.79 Å². The van der Waals surface area contributed by atoms with Gasteiger partial charge in [0.25, 0.3) is 0 Å². The van der Waals surface area contributed by atoms with Crippen LogP contribution in [0.3, 0.4) is 0 Å². The van der Waals surface area contributed by atoms with Gasteiger partial charge in [0.05, 0.1) is 11.1 Å². The molecule has 2 heterocycles. The Labute approximate surface area is 176 Å². The number of carbonyl (C=O) groups is 1. The molecule has 0 aliphatic rings. The second-order valence-corrected chi connectivity index (χ2v) is 8.47. The molecule has 0 aliphatic heterocycles. The first kappa shape index (κ1) is 18.0. The second-order valence-electron chi connectivity index (χ2n) is 6.65. The van der Waals surface area contributed by atoms with Crippen LogP contribution in [0.1, 0.15) is 10.4 Å². The Morgan fingerprint density at radius 3 is 2.55 bits per heavy atom. The van der Waals surface area contributed by atoms with Gasteiger partial charge in [0, 0.05) is 16.5 Å². The van der Waals surface area contributed by atoms with Crippen molar-refractivity contribution in [2.75, 3.05) is 5.75 Å². The predicted molar refractivity (Wildman–Crippen MR) is 122 cm³/mol. The summed E-state index contributed by atoms with van der Waals surface area (Å²) < 4.78 is 0. The lowest BCUT2D eigenvalue weighted by atomic mass is 10.1. The van der Waals surface area contributed by atoms with Crippen LogP contribution in [0.4, 0.5) is 0 Å². The smallest absolute Gasteiger partial charge is 0.173 e. The van der Waals surface area contributed by atoms with Crippen LogP contribution in [-0.4, -0.2) is 21.5 Å². The molecule has 29 heavy (non-hydrogen) atoms. The maximum Gasteiger partial charge on any atom is 0.173 e. The van der Waals surface area contributed by atoms with Crippen molar-refractivity contribution in [3.8, 4) is 11.1 Å². The maximum atomic E-state index is 12.8. The summed E-state index contributed by atoms with van der Waals surface area (Å²) in [6.45, 7) is 0. The molecule has 3 aromatic carbocycles. The Hall–Kier alpha value is -3.02. The van der Waals surface area contributed by atoms with E-state index >= 15 is 0 Å². The number of thiophene rings is 1. The number of fused-ring (bicyclic) bond motifs is 2. The van der Waals surface area contributed by atoms with Crippen molar-refractivity contribution in [2.24, 2.45) is 0 Å². The summed E-state index contributed by atoms with van der Waals surface area (Å²) in [7, 11) is 0. The Kier molecular flexibility index (Phi) is 4.84. The molecule has 0 saturated carbocycles.